The molecule has 0 spiro atoms. The van der Waals surface area contributed by atoms with Crippen molar-refractivity contribution in [3.05, 3.63) is 47.8 Å². The van der Waals surface area contributed by atoms with Crippen LogP contribution >= 0.6 is 0 Å². The van der Waals surface area contributed by atoms with Gasteiger partial charge in [0, 0.05) is 12.2 Å². The number of aromatic amines is 1. The van der Waals surface area contributed by atoms with E-state index in [-0.39, 0.29) is 11.9 Å². The molecule has 2 heterocycles. The summed E-state index contributed by atoms with van der Waals surface area (Å²) in [6, 6.07) is 7.87. The fourth-order valence-electron chi connectivity index (χ4n) is 2.39. The molecule has 6 heteroatoms. The van der Waals surface area contributed by atoms with Crippen molar-refractivity contribution < 1.29 is 9.53 Å². The minimum absolute atomic E-state index is 0.0478. The molecular weight excluding hydrogens is 304 g/mol. The highest BCUT2D eigenvalue weighted by Gasteiger charge is 2.16. The number of carbonyl (C=O) groups excluding carboxylic acids is 1. The number of carbonyl (C=O) groups is 1. The molecule has 0 unspecified atom stereocenters. The van der Waals surface area contributed by atoms with Crippen molar-refractivity contribution in [1.29, 1.82) is 0 Å². The van der Waals surface area contributed by atoms with Crippen LogP contribution in [0.5, 0.6) is 11.6 Å². The lowest BCUT2D eigenvalue weighted by atomic mass is 10.2. The van der Waals surface area contributed by atoms with Crippen molar-refractivity contribution in [2.45, 2.75) is 33.2 Å². The molecule has 1 amide bonds. The van der Waals surface area contributed by atoms with E-state index in [9.17, 15) is 4.79 Å². The van der Waals surface area contributed by atoms with E-state index < -0.39 is 0 Å². The lowest BCUT2D eigenvalue weighted by Gasteiger charge is -2.08. The van der Waals surface area contributed by atoms with E-state index in [2.05, 4.69) is 27.2 Å². The molecular formula is C18H20N4O2. The average Bonchev–Trinajstić information content (AvgIpc) is 2.97. The zero-order chi connectivity index (χ0) is 17.1. The van der Waals surface area contributed by atoms with Crippen LogP contribution in [0.2, 0.25) is 0 Å². The number of fused-ring (bicyclic) bond motifs is 1. The number of aryl methyl sites for hydroxylation is 1. The van der Waals surface area contributed by atoms with E-state index >= 15 is 0 Å². The second kappa shape index (κ2) is 6.70. The molecule has 1 aromatic carbocycles. The van der Waals surface area contributed by atoms with Crippen LogP contribution in [0.1, 0.15) is 36.7 Å². The van der Waals surface area contributed by atoms with Gasteiger partial charge in [-0.3, -0.25) is 4.79 Å². The summed E-state index contributed by atoms with van der Waals surface area (Å²) in [6.45, 7) is 5.91. The second-order valence-corrected chi connectivity index (χ2v) is 5.84. The molecule has 0 saturated carbocycles. The largest absolute Gasteiger partial charge is 0.437 e. The van der Waals surface area contributed by atoms with Gasteiger partial charge in [0.15, 0.2) is 5.65 Å². The summed E-state index contributed by atoms with van der Waals surface area (Å²) in [4.78, 5) is 23.9. The van der Waals surface area contributed by atoms with E-state index in [1.807, 2.05) is 38.1 Å². The Hall–Kier alpha value is -2.89. The first kappa shape index (κ1) is 16.0. The molecule has 0 atom stereocenters. The van der Waals surface area contributed by atoms with Crippen molar-refractivity contribution >= 4 is 17.1 Å². The molecule has 3 aromatic rings. The Kier molecular flexibility index (Phi) is 4.46. The molecule has 0 aliphatic carbocycles. The Morgan fingerprint density at radius 2 is 2.21 bits per heavy atom. The summed E-state index contributed by atoms with van der Waals surface area (Å²) in [5.74, 6) is 0.872. The number of hydrogen-bond acceptors (Lipinski definition) is 4. The number of ether oxygens (including phenoxy) is 1. The maximum atomic E-state index is 12.2. The molecule has 6 nitrogen and oxygen atoms in total. The quantitative estimate of drug-likeness (QED) is 0.753. The number of H-pyrrole nitrogens is 1. The van der Waals surface area contributed by atoms with Gasteiger partial charge in [0.2, 0.25) is 5.88 Å². The molecule has 2 aromatic heterocycles. The molecule has 124 valence electrons. The Labute approximate surface area is 140 Å². The molecule has 0 radical (unpaired) electrons. The molecule has 3 rings (SSSR count). The van der Waals surface area contributed by atoms with Gasteiger partial charge >= 0.3 is 0 Å². The SMILES string of the molecule is CCc1cccc(Oc2cnc3[nH]cc(C(=O)NC(C)C)c3n2)c1. The number of amides is 1. The predicted octanol–water partition coefficient (Wildman–Crippen LogP) is 3.45. The van der Waals surface area contributed by atoms with E-state index in [4.69, 9.17) is 4.74 Å². The van der Waals surface area contributed by atoms with Gasteiger partial charge in [0.25, 0.3) is 5.91 Å². The molecule has 0 aliphatic heterocycles. The van der Waals surface area contributed by atoms with E-state index in [0.29, 0.717) is 28.4 Å². The number of hydrogen-bond donors (Lipinski definition) is 2. The molecule has 0 bridgehead atoms. The number of benzene rings is 1. The van der Waals surface area contributed by atoms with Gasteiger partial charge in [0.1, 0.15) is 11.3 Å². The van der Waals surface area contributed by atoms with Crippen LogP contribution in [0, 0.1) is 0 Å². The maximum Gasteiger partial charge on any atom is 0.255 e. The standard InChI is InChI=1S/C18H20N4O2/c1-4-12-6-5-7-13(8-12)24-15-10-20-17-16(22-15)14(9-19-17)18(23)21-11(2)3/h5-11H,4H2,1-3H3,(H,19,20)(H,21,23). The van der Waals surface area contributed by atoms with Crippen LogP contribution in [0.25, 0.3) is 11.2 Å². The van der Waals surface area contributed by atoms with E-state index in [1.165, 1.54) is 5.56 Å². The lowest BCUT2D eigenvalue weighted by Crippen LogP contribution is -2.29. The van der Waals surface area contributed by atoms with E-state index in [0.717, 1.165) is 6.42 Å². The second-order valence-electron chi connectivity index (χ2n) is 5.84. The molecule has 0 aliphatic rings. The summed E-state index contributed by atoms with van der Waals surface area (Å²) in [6.07, 6.45) is 4.09. The third-order valence-corrected chi connectivity index (χ3v) is 3.55. The maximum absolute atomic E-state index is 12.2. The summed E-state index contributed by atoms with van der Waals surface area (Å²) in [5, 5.41) is 2.85. The first-order valence-corrected chi connectivity index (χ1v) is 7.98. The van der Waals surface area contributed by atoms with Gasteiger partial charge in [-0.15, -0.1) is 0 Å². The van der Waals surface area contributed by atoms with Crippen molar-refractivity contribution in [2.75, 3.05) is 0 Å². The van der Waals surface area contributed by atoms with Gasteiger partial charge in [-0.2, -0.15) is 0 Å². The van der Waals surface area contributed by atoms with Crippen molar-refractivity contribution in [3.63, 3.8) is 0 Å². The third-order valence-electron chi connectivity index (χ3n) is 3.55. The van der Waals surface area contributed by atoms with Crippen LogP contribution in [0.4, 0.5) is 0 Å². The van der Waals surface area contributed by atoms with Gasteiger partial charge in [-0.05, 0) is 38.0 Å². The first-order chi connectivity index (χ1) is 11.6. The zero-order valence-corrected chi connectivity index (χ0v) is 14.0. The third kappa shape index (κ3) is 3.37. The summed E-state index contributed by atoms with van der Waals surface area (Å²) >= 11 is 0. The van der Waals surface area contributed by atoms with Crippen molar-refractivity contribution in [3.8, 4) is 11.6 Å². The molecule has 0 saturated heterocycles. The zero-order valence-electron chi connectivity index (χ0n) is 14.0. The van der Waals surface area contributed by atoms with E-state index in [1.54, 1.807) is 12.4 Å². The van der Waals surface area contributed by atoms with Gasteiger partial charge in [-0.25, -0.2) is 9.97 Å². The monoisotopic (exact) mass is 324 g/mol. The normalized spacial score (nSPS) is 11.0. The van der Waals surface area contributed by atoms with Crippen LogP contribution in [-0.2, 0) is 6.42 Å². The fourth-order valence-corrected chi connectivity index (χ4v) is 2.39. The number of rotatable bonds is 5. The van der Waals surface area contributed by atoms with Crippen LogP contribution in [0.3, 0.4) is 0 Å². The summed E-state index contributed by atoms with van der Waals surface area (Å²) in [5.41, 5.74) is 2.69. The van der Waals surface area contributed by atoms with Crippen LogP contribution < -0.4 is 10.1 Å². The highest BCUT2D eigenvalue weighted by Crippen LogP contribution is 2.23. The van der Waals surface area contributed by atoms with Crippen LogP contribution in [-0.4, -0.2) is 26.9 Å². The Balaban J connectivity index is 1.91. The Bertz CT molecular complexity index is 870. The Morgan fingerprint density at radius 1 is 1.38 bits per heavy atom. The smallest absolute Gasteiger partial charge is 0.255 e. The van der Waals surface area contributed by atoms with Crippen molar-refractivity contribution in [2.24, 2.45) is 0 Å². The summed E-state index contributed by atoms with van der Waals surface area (Å²) in [7, 11) is 0. The van der Waals surface area contributed by atoms with Gasteiger partial charge in [0.05, 0.1) is 11.8 Å². The minimum Gasteiger partial charge on any atom is -0.437 e. The first-order valence-electron chi connectivity index (χ1n) is 7.98. The molecule has 0 fully saturated rings. The van der Waals surface area contributed by atoms with Gasteiger partial charge < -0.3 is 15.0 Å². The predicted molar refractivity (Wildman–Crippen MR) is 92.4 cm³/mol. The van der Waals surface area contributed by atoms with Crippen LogP contribution in [0.15, 0.2) is 36.7 Å². The number of aromatic nitrogens is 3. The Morgan fingerprint density at radius 3 is 2.96 bits per heavy atom. The highest BCUT2D eigenvalue weighted by atomic mass is 16.5. The topological polar surface area (TPSA) is 79.9 Å². The number of nitrogens with zero attached hydrogens (tertiary/aromatic N) is 2. The molecule has 24 heavy (non-hydrogen) atoms. The average molecular weight is 324 g/mol. The fraction of sp³-hybridized carbons (Fsp3) is 0.278. The minimum atomic E-state index is -0.185. The summed E-state index contributed by atoms with van der Waals surface area (Å²) < 4.78 is 5.79. The number of nitrogens with one attached hydrogen (secondary N) is 2. The van der Waals surface area contributed by atoms with Gasteiger partial charge in [-0.1, -0.05) is 19.1 Å². The highest BCUT2D eigenvalue weighted by molar-refractivity contribution is 6.04. The lowest BCUT2D eigenvalue weighted by molar-refractivity contribution is 0.0944. The molecule has 2 N–H and O–H groups in total. The van der Waals surface area contributed by atoms with Crippen molar-refractivity contribution in [1.82, 2.24) is 20.3 Å².